The largest absolute Gasteiger partial charge is 0.479 e. The second-order valence-corrected chi connectivity index (χ2v) is 2.51. The van der Waals surface area contributed by atoms with Gasteiger partial charge >= 0.3 is 5.97 Å². The zero-order valence-corrected chi connectivity index (χ0v) is 10.7. The molecule has 0 saturated carbocycles. The summed E-state index contributed by atoms with van der Waals surface area (Å²) in [5.74, 6) is -1.73. The fraction of sp³-hybridized carbons (Fsp3) is 0.833. The Bertz CT molecular complexity index is 176. The molecule has 7 nitrogen and oxygen atoms in total. The zero-order valence-electron chi connectivity index (χ0n) is 7.61. The smallest absolute Gasteiger partial charge is 0.335 e. The average molecular weight is 235 g/mol. The maximum atomic E-state index is 10.1. The van der Waals surface area contributed by atoms with Gasteiger partial charge in [0.15, 0.2) is 6.10 Å². The van der Waals surface area contributed by atoms with Crippen LogP contribution in [0.4, 0.5) is 0 Å². The molecule has 0 rings (SSSR count). The standard InChI is InChI=1S/C6H12O7.K/c7-1-2(8)3(9)4(10)5(11)6(12)13;/h2-5,7-11H,1H2,(H,12,13);/t2-,3-,4+,5-;/m1./s1. The Labute approximate surface area is 122 Å². The molecule has 1 radical (unpaired) electrons. The quantitative estimate of drug-likeness (QED) is 0.268. The minimum atomic E-state index is -2.20. The summed E-state index contributed by atoms with van der Waals surface area (Å²) in [6.07, 6.45) is -7.84. The number of aliphatic hydroxyl groups is 5. The van der Waals surface area contributed by atoms with Crippen molar-refractivity contribution in [2.24, 2.45) is 0 Å². The van der Waals surface area contributed by atoms with Crippen LogP contribution in [0, 0.1) is 0 Å². The van der Waals surface area contributed by atoms with Crippen LogP contribution >= 0.6 is 0 Å². The Morgan fingerprint density at radius 3 is 1.79 bits per heavy atom. The molecule has 0 fully saturated rings. The predicted octanol–water partition coefficient (Wildman–Crippen LogP) is -3.87. The van der Waals surface area contributed by atoms with Crippen LogP contribution < -0.4 is 0 Å². The number of carboxylic acids is 1. The minimum absolute atomic E-state index is 0. The Hall–Kier alpha value is 0.906. The van der Waals surface area contributed by atoms with E-state index in [-0.39, 0.29) is 51.4 Å². The molecule has 4 atom stereocenters. The third kappa shape index (κ3) is 5.12. The molecule has 0 aliphatic carbocycles. The van der Waals surface area contributed by atoms with E-state index < -0.39 is 37.0 Å². The Balaban J connectivity index is 0. The minimum Gasteiger partial charge on any atom is -0.479 e. The molecule has 0 aromatic heterocycles. The van der Waals surface area contributed by atoms with Crippen LogP contribution in [0.3, 0.4) is 0 Å². The molecule has 0 spiro atoms. The summed E-state index contributed by atoms with van der Waals surface area (Å²) in [6.45, 7) is -0.843. The first-order valence-corrected chi connectivity index (χ1v) is 3.47. The van der Waals surface area contributed by atoms with E-state index in [2.05, 4.69) is 0 Å². The van der Waals surface area contributed by atoms with E-state index in [4.69, 9.17) is 30.6 Å². The molecule has 14 heavy (non-hydrogen) atoms. The van der Waals surface area contributed by atoms with Gasteiger partial charge in [-0.05, 0) is 0 Å². The van der Waals surface area contributed by atoms with E-state index >= 15 is 0 Å². The Morgan fingerprint density at radius 1 is 1.07 bits per heavy atom. The monoisotopic (exact) mass is 235 g/mol. The zero-order chi connectivity index (χ0) is 10.6. The average Bonchev–Trinajstić information content (AvgIpc) is 2.12. The SMILES string of the molecule is O=C(O)[C@H](O)[C@@H](O)[C@H](O)[C@H](O)CO.[K]. The van der Waals surface area contributed by atoms with Crippen molar-refractivity contribution >= 4 is 57.4 Å². The van der Waals surface area contributed by atoms with Crippen molar-refractivity contribution in [3.05, 3.63) is 0 Å². The number of hydrogen-bond acceptors (Lipinski definition) is 6. The summed E-state index contributed by atoms with van der Waals surface area (Å²) in [5.41, 5.74) is 0. The van der Waals surface area contributed by atoms with Gasteiger partial charge in [0.1, 0.15) is 18.3 Å². The van der Waals surface area contributed by atoms with Gasteiger partial charge in [0.2, 0.25) is 0 Å². The molecular formula is C6H12KO7. The molecule has 0 bridgehead atoms. The van der Waals surface area contributed by atoms with Crippen LogP contribution in [0.25, 0.3) is 0 Å². The van der Waals surface area contributed by atoms with E-state index in [1.54, 1.807) is 0 Å². The maximum Gasteiger partial charge on any atom is 0.335 e. The Kier molecular flexibility index (Phi) is 10.0. The van der Waals surface area contributed by atoms with Crippen molar-refractivity contribution < 1.29 is 35.4 Å². The van der Waals surface area contributed by atoms with Gasteiger partial charge in [-0.1, -0.05) is 0 Å². The molecule has 0 unspecified atom stereocenters. The summed E-state index contributed by atoms with van der Waals surface area (Å²) in [7, 11) is 0. The normalized spacial score (nSPS) is 18.9. The number of aliphatic hydroxyl groups excluding tert-OH is 5. The summed E-state index contributed by atoms with van der Waals surface area (Å²) in [4.78, 5) is 10.1. The van der Waals surface area contributed by atoms with Crippen molar-refractivity contribution in [2.45, 2.75) is 24.4 Å². The molecular weight excluding hydrogens is 223 g/mol. The van der Waals surface area contributed by atoms with Gasteiger partial charge in [-0.25, -0.2) is 4.79 Å². The maximum absolute atomic E-state index is 10.1. The molecule has 6 N–H and O–H groups in total. The number of hydrogen-bond donors (Lipinski definition) is 6. The second kappa shape index (κ2) is 8.10. The number of carbonyl (C=O) groups is 1. The molecule has 0 saturated heterocycles. The summed E-state index contributed by atoms with van der Waals surface area (Å²) in [6, 6.07) is 0. The number of aliphatic carboxylic acids is 1. The second-order valence-electron chi connectivity index (χ2n) is 2.51. The van der Waals surface area contributed by atoms with E-state index in [0.717, 1.165) is 0 Å². The Morgan fingerprint density at radius 2 is 1.50 bits per heavy atom. The van der Waals surface area contributed by atoms with Crippen LogP contribution in [0.15, 0.2) is 0 Å². The van der Waals surface area contributed by atoms with Gasteiger partial charge in [-0.15, -0.1) is 0 Å². The molecule has 0 heterocycles. The van der Waals surface area contributed by atoms with E-state index in [9.17, 15) is 4.79 Å². The molecule has 0 aromatic carbocycles. The van der Waals surface area contributed by atoms with Crippen LogP contribution in [-0.2, 0) is 4.79 Å². The molecule has 0 aliphatic heterocycles. The number of carboxylic acid groups (broad SMARTS) is 1. The van der Waals surface area contributed by atoms with E-state index in [1.165, 1.54) is 0 Å². The first-order chi connectivity index (χ1) is 5.91. The fourth-order valence-electron chi connectivity index (χ4n) is 0.668. The topological polar surface area (TPSA) is 138 Å². The van der Waals surface area contributed by atoms with Crippen LogP contribution in [0.2, 0.25) is 0 Å². The van der Waals surface area contributed by atoms with Crippen LogP contribution in [0.5, 0.6) is 0 Å². The van der Waals surface area contributed by atoms with Crippen molar-refractivity contribution in [3.8, 4) is 0 Å². The van der Waals surface area contributed by atoms with Crippen molar-refractivity contribution in [1.29, 1.82) is 0 Å². The van der Waals surface area contributed by atoms with Crippen LogP contribution in [-0.4, -0.2) is 119 Å². The van der Waals surface area contributed by atoms with Gasteiger partial charge in [0.05, 0.1) is 6.61 Å². The summed E-state index contributed by atoms with van der Waals surface area (Å²) in [5, 5.41) is 51.8. The molecule has 0 aliphatic rings. The summed E-state index contributed by atoms with van der Waals surface area (Å²) < 4.78 is 0. The van der Waals surface area contributed by atoms with Gasteiger partial charge in [0.25, 0.3) is 0 Å². The van der Waals surface area contributed by atoms with Crippen LogP contribution in [0.1, 0.15) is 0 Å². The first-order valence-electron chi connectivity index (χ1n) is 3.47. The molecule has 8 heteroatoms. The van der Waals surface area contributed by atoms with Gasteiger partial charge in [-0.3, -0.25) is 0 Å². The molecule has 79 valence electrons. The summed E-state index contributed by atoms with van der Waals surface area (Å²) >= 11 is 0. The number of rotatable bonds is 5. The van der Waals surface area contributed by atoms with Gasteiger partial charge in [0, 0.05) is 51.4 Å². The van der Waals surface area contributed by atoms with Gasteiger partial charge < -0.3 is 30.6 Å². The van der Waals surface area contributed by atoms with Crippen molar-refractivity contribution in [3.63, 3.8) is 0 Å². The first kappa shape index (κ1) is 17.3. The third-order valence-corrected chi connectivity index (χ3v) is 1.51. The van der Waals surface area contributed by atoms with Crippen molar-refractivity contribution in [1.82, 2.24) is 0 Å². The fourth-order valence-corrected chi connectivity index (χ4v) is 0.668. The molecule has 0 amide bonds. The third-order valence-electron chi connectivity index (χ3n) is 1.51. The van der Waals surface area contributed by atoms with E-state index in [0.29, 0.717) is 0 Å². The van der Waals surface area contributed by atoms with Crippen molar-refractivity contribution in [2.75, 3.05) is 6.61 Å². The predicted molar refractivity (Wildman–Crippen MR) is 44.5 cm³/mol. The van der Waals surface area contributed by atoms with E-state index in [1.807, 2.05) is 0 Å². The van der Waals surface area contributed by atoms with Gasteiger partial charge in [-0.2, -0.15) is 0 Å². The molecule has 0 aromatic rings.